The summed E-state index contributed by atoms with van der Waals surface area (Å²) in [6.45, 7) is 1.64. The Morgan fingerprint density at radius 2 is 2.05 bits per heavy atom. The van der Waals surface area contributed by atoms with E-state index < -0.39 is 24.2 Å². The highest BCUT2D eigenvalue weighted by Gasteiger charge is 2.34. The molecule has 0 bridgehead atoms. The number of hydrogen-bond donors (Lipinski definition) is 1. The fourth-order valence-corrected chi connectivity index (χ4v) is 1.54. The topological polar surface area (TPSA) is 59.5 Å². The van der Waals surface area contributed by atoms with Crippen LogP contribution in [0, 0.1) is 0 Å². The van der Waals surface area contributed by atoms with E-state index in [1.807, 2.05) is 0 Å². The molecule has 2 N–H and O–H groups in total. The molecule has 0 aliphatic carbocycles. The van der Waals surface area contributed by atoms with Crippen LogP contribution in [0.2, 0.25) is 0 Å². The van der Waals surface area contributed by atoms with E-state index in [9.17, 15) is 18.0 Å². The van der Waals surface area contributed by atoms with E-state index in [-0.39, 0.29) is 13.0 Å². The van der Waals surface area contributed by atoms with E-state index in [2.05, 4.69) is 0 Å². The van der Waals surface area contributed by atoms with Crippen molar-refractivity contribution in [3.8, 4) is 0 Å². The van der Waals surface area contributed by atoms with Crippen molar-refractivity contribution in [3.05, 3.63) is 24.2 Å². The molecule has 1 amide bonds. The van der Waals surface area contributed by atoms with Gasteiger partial charge < -0.3 is 15.1 Å². The molecule has 0 fully saturated rings. The number of amides is 1. The van der Waals surface area contributed by atoms with Crippen LogP contribution >= 0.6 is 0 Å². The van der Waals surface area contributed by atoms with Crippen molar-refractivity contribution in [2.24, 2.45) is 5.73 Å². The van der Waals surface area contributed by atoms with Crippen LogP contribution in [0.25, 0.3) is 0 Å². The number of halogens is 3. The number of furan rings is 1. The Hall–Kier alpha value is -1.50. The van der Waals surface area contributed by atoms with Gasteiger partial charge in [0.2, 0.25) is 5.91 Å². The highest BCUT2D eigenvalue weighted by Crippen LogP contribution is 2.20. The quantitative estimate of drug-likeness (QED) is 0.899. The lowest BCUT2D eigenvalue weighted by molar-refractivity contribution is -0.163. The predicted octanol–water partition coefficient (Wildman–Crippen LogP) is 2.30. The van der Waals surface area contributed by atoms with Gasteiger partial charge in [-0.3, -0.25) is 4.79 Å². The summed E-state index contributed by atoms with van der Waals surface area (Å²) in [7, 11) is 0. The summed E-state index contributed by atoms with van der Waals surface area (Å²) in [5.41, 5.74) is 4.80. The summed E-state index contributed by atoms with van der Waals surface area (Å²) >= 11 is 0. The Bertz CT molecular complexity index is 408. The van der Waals surface area contributed by atoms with Gasteiger partial charge in [0.05, 0.1) is 12.8 Å². The second-order valence-corrected chi connectivity index (χ2v) is 5.11. The SMILES string of the molecule is CC(C)(N)CC(=O)N(Cc1ccco1)CC(F)(F)F. The van der Waals surface area contributed by atoms with Gasteiger partial charge in [-0.05, 0) is 26.0 Å². The van der Waals surface area contributed by atoms with Crippen LogP contribution in [0.1, 0.15) is 26.0 Å². The van der Waals surface area contributed by atoms with Crippen molar-refractivity contribution < 1.29 is 22.4 Å². The van der Waals surface area contributed by atoms with Gasteiger partial charge in [0.25, 0.3) is 0 Å². The Labute approximate surface area is 109 Å². The van der Waals surface area contributed by atoms with E-state index >= 15 is 0 Å². The molecule has 0 spiro atoms. The fourth-order valence-electron chi connectivity index (χ4n) is 1.54. The third-order valence-electron chi connectivity index (χ3n) is 2.26. The number of alkyl halides is 3. The van der Waals surface area contributed by atoms with Crippen molar-refractivity contribution in [1.82, 2.24) is 4.90 Å². The summed E-state index contributed by atoms with van der Waals surface area (Å²) in [4.78, 5) is 12.6. The Balaban J connectivity index is 2.77. The number of rotatable bonds is 5. The first-order valence-corrected chi connectivity index (χ1v) is 5.73. The van der Waals surface area contributed by atoms with E-state index in [1.165, 1.54) is 12.3 Å². The lowest BCUT2D eigenvalue weighted by Crippen LogP contribution is -2.44. The molecule has 0 saturated carbocycles. The van der Waals surface area contributed by atoms with Crippen LogP contribution < -0.4 is 5.73 Å². The zero-order chi connectivity index (χ0) is 14.7. The number of hydrogen-bond acceptors (Lipinski definition) is 3. The second-order valence-electron chi connectivity index (χ2n) is 5.11. The summed E-state index contributed by atoms with van der Waals surface area (Å²) in [6, 6.07) is 3.07. The molecule has 1 aromatic rings. The van der Waals surface area contributed by atoms with Crippen LogP contribution in [0.15, 0.2) is 22.8 Å². The zero-order valence-corrected chi connectivity index (χ0v) is 10.8. The molecular formula is C12H17F3N2O2. The third kappa shape index (κ3) is 6.28. The summed E-state index contributed by atoms with van der Waals surface area (Å²) in [5, 5.41) is 0. The highest BCUT2D eigenvalue weighted by molar-refractivity contribution is 5.77. The van der Waals surface area contributed by atoms with Crippen molar-refractivity contribution in [3.63, 3.8) is 0 Å². The van der Waals surface area contributed by atoms with Gasteiger partial charge in [-0.25, -0.2) is 0 Å². The molecule has 0 atom stereocenters. The van der Waals surface area contributed by atoms with Gasteiger partial charge in [-0.2, -0.15) is 13.2 Å². The van der Waals surface area contributed by atoms with Crippen LogP contribution in [-0.2, 0) is 11.3 Å². The minimum Gasteiger partial charge on any atom is -0.467 e. The molecule has 0 saturated heterocycles. The predicted molar refractivity (Wildman–Crippen MR) is 63.1 cm³/mol. The molecule has 1 heterocycles. The van der Waals surface area contributed by atoms with E-state index in [4.69, 9.17) is 10.2 Å². The molecular weight excluding hydrogens is 261 g/mol. The lowest BCUT2D eigenvalue weighted by Gasteiger charge is -2.26. The van der Waals surface area contributed by atoms with Crippen molar-refractivity contribution in [2.45, 2.75) is 38.5 Å². The molecule has 1 aromatic heterocycles. The fraction of sp³-hybridized carbons (Fsp3) is 0.583. The second kappa shape index (κ2) is 5.64. The van der Waals surface area contributed by atoms with Gasteiger partial charge in [-0.15, -0.1) is 0 Å². The number of carbonyl (C=O) groups excluding carboxylic acids is 1. The highest BCUT2D eigenvalue weighted by atomic mass is 19.4. The average Bonchev–Trinajstić information content (AvgIpc) is 2.64. The number of carbonyl (C=O) groups is 1. The van der Waals surface area contributed by atoms with Crippen molar-refractivity contribution in [2.75, 3.05) is 6.54 Å². The van der Waals surface area contributed by atoms with Crippen LogP contribution in [-0.4, -0.2) is 29.1 Å². The molecule has 0 unspecified atom stereocenters. The maximum atomic E-state index is 12.5. The summed E-state index contributed by atoms with van der Waals surface area (Å²) in [6.07, 6.45) is -3.27. The van der Waals surface area contributed by atoms with Gasteiger partial charge >= 0.3 is 6.18 Å². The molecule has 0 radical (unpaired) electrons. The molecule has 4 nitrogen and oxygen atoms in total. The van der Waals surface area contributed by atoms with Gasteiger partial charge in [0.15, 0.2) is 0 Å². The van der Waals surface area contributed by atoms with Crippen LogP contribution in [0.5, 0.6) is 0 Å². The normalized spacial score (nSPS) is 12.5. The van der Waals surface area contributed by atoms with Crippen LogP contribution in [0.3, 0.4) is 0 Å². The zero-order valence-electron chi connectivity index (χ0n) is 10.8. The van der Waals surface area contributed by atoms with Crippen molar-refractivity contribution >= 4 is 5.91 Å². The molecule has 7 heteroatoms. The smallest absolute Gasteiger partial charge is 0.406 e. The van der Waals surface area contributed by atoms with E-state index in [0.29, 0.717) is 10.7 Å². The number of nitrogens with two attached hydrogens (primary N) is 1. The van der Waals surface area contributed by atoms with E-state index in [1.54, 1.807) is 19.9 Å². The first-order chi connectivity index (χ1) is 8.57. The maximum Gasteiger partial charge on any atom is 0.406 e. The standard InChI is InChI=1S/C12H17F3N2O2/c1-11(2,16)6-10(18)17(8-12(13,14)15)7-9-4-3-5-19-9/h3-5H,6-8,16H2,1-2H3. The maximum absolute atomic E-state index is 12.5. The van der Waals surface area contributed by atoms with Crippen molar-refractivity contribution in [1.29, 1.82) is 0 Å². The molecule has 0 aromatic carbocycles. The number of nitrogens with zero attached hydrogens (tertiary/aromatic N) is 1. The molecule has 1 rings (SSSR count). The monoisotopic (exact) mass is 278 g/mol. The first kappa shape index (κ1) is 15.6. The minimum absolute atomic E-state index is 0.163. The Morgan fingerprint density at radius 1 is 1.42 bits per heavy atom. The molecule has 0 aliphatic heterocycles. The summed E-state index contributed by atoms with van der Waals surface area (Å²) in [5.74, 6) is -0.353. The first-order valence-electron chi connectivity index (χ1n) is 5.73. The van der Waals surface area contributed by atoms with Crippen LogP contribution in [0.4, 0.5) is 13.2 Å². The largest absolute Gasteiger partial charge is 0.467 e. The van der Waals surface area contributed by atoms with Gasteiger partial charge in [0.1, 0.15) is 12.3 Å². The average molecular weight is 278 g/mol. The minimum atomic E-state index is -4.46. The van der Waals surface area contributed by atoms with Gasteiger partial charge in [0, 0.05) is 12.0 Å². The Morgan fingerprint density at radius 3 is 2.47 bits per heavy atom. The van der Waals surface area contributed by atoms with E-state index in [0.717, 1.165) is 0 Å². The molecule has 19 heavy (non-hydrogen) atoms. The lowest BCUT2D eigenvalue weighted by atomic mass is 10.0. The summed E-state index contributed by atoms with van der Waals surface area (Å²) < 4.78 is 42.4. The third-order valence-corrected chi connectivity index (χ3v) is 2.26. The van der Waals surface area contributed by atoms with Gasteiger partial charge in [-0.1, -0.05) is 0 Å². The molecule has 0 aliphatic rings. The molecule has 108 valence electrons. The Kier molecular flexibility index (Phi) is 4.62.